The summed E-state index contributed by atoms with van der Waals surface area (Å²) in [6.45, 7) is 3.23. The minimum atomic E-state index is -0.553. The molecule has 0 aromatic heterocycles. The van der Waals surface area contributed by atoms with Crippen LogP contribution in [0.5, 0.6) is 0 Å². The van der Waals surface area contributed by atoms with Crippen LogP contribution >= 0.6 is 0 Å². The average Bonchev–Trinajstić information content (AvgIpc) is 3.27. The summed E-state index contributed by atoms with van der Waals surface area (Å²) >= 11 is 0. The van der Waals surface area contributed by atoms with Crippen LogP contribution in [0.1, 0.15) is 51.9 Å². The van der Waals surface area contributed by atoms with Crippen LogP contribution in [0.25, 0.3) is 0 Å². The lowest BCUT2D eigenvalue weighted by atomic mass is 10.1. The van der Waals surface area contributed by atoms with E-state index in [0.29, 0.717) is 6.67 Å². The standard InChI is InChI=1S/C16H25N3O3/c1-2-3-8-19-11-17-16(22)18-15(21)10-14(20)9-13(19)7-6-12-4-5-12/h9,12H,2-8,10-11H2,1H3,(H2,17,18,21,22)/b13-9-. The fourth-order valence-corrected chi connectivity index (χ4v) is 2.53. The molecule has 2 N–H and O–H groups in total. The molecule has 0 aromatic carbocycles. The molecular weight excluding hydrogens is 282 g/mol. The Bertz CT molecular complexity index is 469. The molecule has 6 nitrogen and oxygen atoms in total. The van der Waals surface area contributed by atoms with Crippen molar-refractivity contribution in [3.8, 4) is 0 Å². The van der Waals surface area contributed by atoms with Gasteiger partial charge in [0.2, 0.25) is 5.91 Å². The van der Waals surface area contributed by atoms with Crippen molar-refractivity contribution in [1.82, 2.24) is 15.5 Å². The van der Waals surface area contributed by atoms with Gasteiger partial charge >= 0.3 is 6.03 Å². The zero-order valence-corrected chi connectivity index (χ0v) is 13.2. The Hall–Kier alpha value is -1.85. The molecule has 1 aliphatic carbocycles. The van der Waals surface area contributed by atoms with Gasteiger partial charge in [-0.25, -0.2) is 4.79 Å². The molecule has 2 aliphatic rings. The van der Waals surface area contributed by atoms with Crippen LogP contribution in [-0.2, 0) is 9.59 Å². The molecule has 1 heterocycles. The maximum Gasteiger partial charge on any atom is 0.322 e. The third-order valence-corrected chi connectivity index (χ3v) is 4.04. The summed E-state index contributed by atoms with van der Waals surface area (Å²) in [5.41, 5.74) is 0.945. The fraction of sp³-hybridized carbons (Fsp3) is 0.688. The van der Waals surface area contributed by atoms with E-state index in [0.717, 1.165) is 43.8 Å². The fourth-order valence-electron chi connectivity index (χ4n) is 2.53. The van der Waals surface area contributed by atoms with Crippen LogP contribution in [-0.4, -0.2) is 35.8 Å². The first kappa shape index (κ1) is 16.5. The molecule has 0 bridgehead atoms. The predicted octanol–water partition coefficient (Wildman–Crippen LogP) is 1.92. The van der Waals surface area contributed by atoms with Gasteiger partial charge in [0.15, 0.2) is 5.78 Å². The number of nitrogens with one attached hydrogen (secondary N) is 2. The number of hydrogen-bond acceptors (Lipinski definition) is 4. The van der Waals surface area contributed by atoms with Crippen LogP contribution in [0.4, 0.5) is 4.79 Å². The molecule has 122 valence electrons. The molecule has 3 amide bonds. The van der Waals surface area contributed by atoms with Crippen LogP contribution in [0.3, 0.4) is 0 Å². The molecule has 22 heavy (non-hydrogen) atoms. The summed E-state index contributed by atoms with van der Waals surface area (Å²) in [7, 11) is 0. The van der Waals surface area contributed by atoms with E-state index >= 15 is 0 Å². The number of allylic oxidation sites excluding steroid dienone is 2. The Morgan fingerprint density at radius 1 is 1.27 bits per heavy atom. The number of carbonyl (C=O) groups is 3. The maximum atomic E-state index is 12.0. The van der Waals surface area contributed by atoms with Gasteiger partial charge in [0, 0.05) is 18.3 Å². The molecule has 1 saturated carbocycles. The van der Waals surface area contributed by atoms with Crippen molar-refractivity contribution < 1.29 is 14.4 Å². The number of carbonyl (C=O) groups excluding carboxylic acids is 3. The van der Waals surface area contributed by atoms with Gasteiger partial charge in [0.25, 0.3) is 0 Å². The summed E-state index contributed by atoms with van der Waals surface area (Å²) in [5.74, 6) is -0.0147. The van der Waals surface area contributed by atoms with Crippen molar-refractivity contribution in [2.24, 2.45) is 5.92 Å². The summed E-state index contributed by atoms with van der Waals surface area (Å²) in [6.07, 6.45) is 7.81. The number of urea groups is 1. The van der Waals surface area contributed by atoms with Crippen LogP contribution < -0.4 is 10.6 Å². The Balaban J connectivity index is 2.11. The van der Waals surface area contributed by atoms with Crippen molar-refractivity contribution in [2.75, 3.05) is 13.2 Å². The summed E-state index contributed by atoms with van der Waals surface area (Å²) < 4.78 is 0. The van der Waals surface area contributed by atoms with E-state index < -0.39 is 11.9 Å². The Kier molecular flexibility index (Phi) is 5.98. The zero-order valence-electron chi connectivity index (χ0n) is 13.2. The Morgan fingerprint density at radius 2 is 2.05 bits per heavy atom. The number of imide groups is 1. The highest BCUT2D eigenvalue weighted by Gasteiger charge is 2.23. The second-order valence-corrected chi connectivity index (χ2v) is 6.09. The smallest absolute Gasteiger partial charge is 0.322 e. The minimum Gasteiger partial charge on any atom is -0.357 e. The van der Waals surface area contributed by atoms with Gasteiger partial charge in [-0.1, -0.05) is 26.2 Å². The van der Waals surface area contributed by atoms with Gasteiger partial charge in [0.1, 0.15) is 0 Å². The number of hydrogen-bond donors (Lipinski definition) is 2. The molecule has 6 heteroatoms. The number of rotatable bonds is 6. The summed E-state index contributed by atoms with van der Waals surface area (Å²) in [6, 6.07) is -0.539. The van der Waals surface area contributed by atoms with E-state index in [4.69, 9.17) is 0 Å². The third-order valence-electron chi connectivity index (χ3n) is 4.04. The normalized spacial score (nSPS) is 22.7. The monoisotopic (exact) mass is 307 g/mol. The van der Waals surface area contributed by atoms with Crippen LogP contribution in [0, 0.1) is 5.92 Å². The van der Waals surface area contributed by atoms with Crippen molar-refractivity contribution in [3.63, 3.8) is 0 Å². The van der Waals surface area contributed by atoms with Crippen molar-refractivity contribution in [2.45, 2.75) is 51.9 Å². The molecule has 0 radical (unpaired) electrons. The largest absolute Gasteiger partial charge is 0.357 e. The average molecular weight is 307 g/mol. The highest BCUT2D eigenvalue weighted by Crippen LogP contribution is 2.35. The van der Waals surface area contributed by atoms with E-state index in [9.17, 15) is 14.4 Å². The van der Waals surface area contributed by atoms with Gasteiger partial charge in [-0.15, -0.1) is 0 Å². The number of ketones is 1. The molecular formula is C16H25N3O3. The Morgan fingerprint density at radius 3 is 2.73 bits per heavy atom. The molecule has 1 aliphatic heterocycles. The van der Waals surface area contributed by atoms with E-state index in [2.05, 4.69) is 22.5 Å². The molecule has 0 aromatic rings. The minimum absolute atomic E-state index is 0.237. The third kappa shape index (κ3) is 5.50. The van der Waals surface area contributed by atoms with Crippen LogP contribution in [0.15, 0.2) is 11.8 Å². The van der Waals surface area contributed by atoms with E-state index in [-0.39, 0.29) is 12.2 Å². The SMILES string of the molecule is CCCCN1CNC(=O)NC(=O)CC(=O)/C=C\1CCC1CC1. The second kappa shape index (κ2) is 7.96. The van der Waals surface area contributed by atoms with E-state index in [1.807, 2.05) is 0 Å². The molecule has 0 unspecified atom stereocenters. The summed E-state index contributed by atoms with van der Waals surface area (Å²) in [4.78, 5) is 37.2. The molecule has 1 fully saturated rings. The summed E-state index contributed by atoms with van der Waals surface area (Å²) in [5, 5.41) is 4.86. The lowest BCUT2D eigenvalue weighted by Crippen LogP contribution is -2.46. The lowest BCUT2D eigenvalue weighted by Gasteiger charge is -2.28. The molecule has 0 saturated heterocycles. The van der Waals surface area contributed by atoms with Gasteiger partial charge in [0.05, 0.1) is 13.1 Å². The lowest BCUT2D eigenvalue weighted by molar-refractivity contribution is -0.125. The highest BCUT2D eigenvalue weighted by molar-refractivity contribution is 6.08. The number of amides is 3. The Labute approximate surface area is 131 Å². The van der Waals surface area contributed by atoms with Gasteiger partial charge in [-0.05, 0) is 25.2 Å². The molecule has 2 rings (SSSR count). The number of unbranched alkanes of at least 4 members (excludes halogenated alkanes) is 1. The van der Waals surface area contributed by atoms with E-state index in [1.165, 1.54) is 12.8 Å². The maximum absolute atomic E-state index is 12.0. The van der Waals surface area contributed by atoms with Crippen molar-refractivity contribution >= 4 is 17.7 Å². The zero-order chi connectivity index (χ0) is 15.9. The predicted molar refractivity (Wildman–Crippen MR) is 82.8 cm³/mol. The second-order valence-electron chi connectivity index (χ2n) is 6.09. The van der Waals surface area contributed by atoms with Gasteiger partial charge < -0.3 is 10.2 Å². The van der Waals surface area contributed by atoms with Crippen molar-refractivity contribution in [1.29, 1.82) is 0 Å². The number of nitrogens with zero attached hydrogens (tertiary/aromatic N) is 1. The first-order valence-corrected chi connectivity index (χ1v) is 8.14. The highest BCUT2D eigenvalue weighted by atomic mass is 16.2. The first-order valence-electron chi connectivity index (χ1n) is 8.14. The first-order chi connectivity index (χ1) is 10.6. The molecule has 0 atom stereocenters. The van der Waals surface area contributed by atoms with Crippen LogP contribution in [0.2, 0.25) is 0 Å². The topological polar surface area (TPSA) is 78.5 Å². The quantitative estimate of drug-likeness (QED) is 0.735. The molecule has 0 spiro atoms. The van der Waals surface area contributed by atoms with Gasteiger partial charge in [-0.3, -0.25) is 14.9 Å². The van der Waals surface area contributed by atoms with E-state index in [1.54, 1.807) is 6.08 Å². The van der Waals surface area contributed by atoms with Gasteiger partial charge in [-0.2, -0.15) is 0 Å². The van der Waals surface area contributed by atoms with Crippen molar-refractivity contribution in [3.05, 3.63) is 11.8 Å².